The van der Waals surface area contributed by atoms with Crippen molar-refractivity contribution in [3.05, 3.63) is 23.0 Å². The molecule has 1 aromatic heterocycles. The maximum absolute atomic E-state index is 5.83. The number of fused-ring (bicyclic) bond motifs is 2. The zero-order valence-corrected chi connectivity index (χ0v) is 10.3. The van der Waals surface area contributed by atoms with Crippen molar-refractivity contribution in [2.24, 2.45) is 0 Å². The first-order valence-corrected chi connectivity index (χ1v) is 6.08. The molecule has 1 aliphatic carbocycles. The average molecular weight is 235 g/mol. The normalized spacial score (nSPS) is 21.5. The van der Waals surface area contributed by atoms with Crippen LogP contribution in [0.3, 0.4) is 0 Å². The van der Waals surface area contributed by atoms with Crippen molar-refractivity contribution in [2.45, 2.75) is 32.0 Å². The summed E-state index contributed by atoms with van der Waals surface area (Å²) < 4.78 is 17.0. The molecule has 92 valence electrons. The fourth-order valence-electron chi connectivity index (χ4n) is 2.74. The van der Waals surface area contributed by atoms with Crippen molar-refractivity contribution in [3.8, 4) is 5.75 Å². The van der Waals surface area contributed by atoms with E-state index < -0.39 is 5.79 Å². The molecule has 0 aromatic carbocycles. The third-order valence-electron chi connectivity index (χ3n) is 3.55. The van der Waals surface area contributed by atoms with E-state index in [1.54, 1.807) is 7.11 Å². The fourth-order valence-corrected chi connectivity index (χ4v) is 2.74. The van der Waals surface area contributed by atoms with Crippen LogP contribution in [0.15, 0.2) is 6.07 Å². The molecular weight excluding hydrogens is 218 g/mol. The number of rotatable bonds is 1. The summed E-state index contributed by atoms with van der Waals surface area (Å²) in [7, 11) is 1.67. The van der Waals surface area contributed by atoms with Crippen molar-refractivity contribution >= 4 is 0 Å². The summed E-state index contributed by atoms with van der Waals surface area (Å²) in [5, 5.41) is 0. The van der Waals surface area contributed by atoms with Gasteiger partial charge < -0.3 is 14.2 Å². The Labute approximate surface area is 101 Å². The Kier molecular flexibility index (Phi) is 2.56. The van der Waals surface area contributed by atoms with Crippen LogP contribution in [0.4, 0.5) is 0 Å². The number of aromatic nitrogens is 1. The first-order valence-electron chi connectivity index (χ1n) is 6.08. The van der Waals surface area contributed by atoms with Crippen LogP contribution in [0.5, 0.6) is 5.75 Å². The van der Waals surface area contributed by atoms with Crippen molar-refractivity contribution in [1.82, 2.24) is 4.98 Å². The van der Waals surface area contributed by atoms with Gasteiger partial charge in [-0.25, -0.2) is 0 Å². The van der Waals surface area contributed by atoms with Gasteiger partial charge in [0.25, 0.3) is 0 Å². The number of methoxy groups -OCH3 is 1. The number of pyridine rings is 1. The predicted molar refractivity (Wildman–Crippen MR) is 62.0 cm³/mol. The maximum atomic E-state index is 5.83. The molecule has 2 aliphatic rings. The van der Waals surface area contributed by atoms with Gasteiger partial charge in [0, 0.05) is 17.7 Å². The Morgan fingerprint density at radius 2 is 2.12 bits per heavy atom. The largest absolute Gasteiger partial charge is 0.495 e. The molecule has 0 bridgehead atoms. The minimum atomic E-state index is -0.554. The molecule has 4 nitrogen and oxygen atoms in total. The molecule has 17 heavy (non-hydrogen) atoms. The quantitative estimate of drug-likeness (QED) is 0.745. The Hall–Kier alpha value is -1.13. The molecule has 1 saturated heterocycles. The SMILES string of the molecule is COc1cc2c(nc1C)CCCC21OCCO1. The third-order valence-corrected chi connectivity index (χ3v) is 3.55. The maximum Gasteiger partial charge on any atom is 0.196 e. The minimum Gasteiger partial charge on any atom is -0.495 e. The molecule has 1 fully saturated rings. The average Bonchev–Trinajstić information content (AvgIpc) is 2.78. The minimum absolute atomic E-state index is 0.554. The standard InChI is InChI=1S/C13H17NO3/c1-9-12(15-2)8-10-11(14-9)4-3-5-13(10)16-6-7-17-13/h8H,3-7H2,1-2H3. The molecule has 0 saturated carbocycles. The van der Waals surface area contributed by atoms with Crippen LogP contribution in [-0.2, 0) is 21.7 Å². The highest BCUT2D eigenvalue weighted by Gasteiger charge is 2.43. The topological polar surface area (TPSA) is 40.6 Å². The lowest BCUT2D eigenvalue weighted by molar-refractivity contribution is -0.175. The lowest BCUT2D eigenvalue weighted by Crippen LogP contribution is -2.32. The predicted octanol–water partition coefficient (Wildman–Crippen LogP) is 1.93. The molecule has 0 radical (unpaired) electrons. The van der Waals surface area contributed by atoms with Crippen LogP contribution < -0.4 is 4.74 Å². The molecule has 1 spiro atoms. The summed E-state index contributed by atoms with van der Waals surface area (Å²) >= 11 is 0. The van der Waals surface area contributed by atoms with Crippen LogP contribution in [0.25, 0.3) is 0 Å². The van der Waals surface area contributed by atoms with E-state index in [0.29, 0.717) is 13.2 Å². The Bertz CT molecular complexity index is 439. The second kappa shape index (κ2) is 3.96. The number of hydrogen-bond donors (Lipinski definition) is 0. The Morgan fingerprint density at radius 3 is 2.82 bits per heavy atom. The summed E-state index contributed by atoms with van der Waals surface area (Å²) in [5.41, 5.74) is 3.08. The summed E-state index contributed by atoms with van der Waals surface area (Å²) in [4.78, 5) is 4.62. The van der Waals surface area contributed by atoms with Gasteiger partial charge in [-0.3, -0.25) is 4.98 Å². The van der Waals surface area contributed by atoms with Crippen LogP contribution in [0.2, 0.25) is 0 Å². The first kappa shape index (κ1) is 11.0. The van der Waals surface area contributed by atoms with E-state index in [9.17, 15) is 0 Å². The summed E-state index contributed by atoms with van der Waals surface area (Å²) in [6, 6.07) is 2.03. The van der Waals surface area contributed by atoms with E-state index in [0.717, 1.165) is 42.0 Å². The van der Waals surface area contributed by atoms with Crippen LogP contribution >= 0.6 is 0 Å². The second-order valence-electron chi connectivity index (χ2n) is 4.57. The van der Waals surface area contributed by atoms with Gasteiger partial charge in [-0.05, 0) is 25.8 Å². The smallest absolute Gasteiger partial charge is 0.196 e. The number of nitrogens with zero attached hydrogens (tertiary/aromatic N) is 1. The summed E-state index contributed by atoms with van der Waals surface area (Å²) in [5.74, 6) is 0.255. The van der Waals surface area contributed by atoms with Gasteiger partial charge in [-0.1, -0.05) is 0 Å². The van der Waals surface area contributed by atoms with Crippen LogP contribution in [-0.4, -0.2) is 25.3 Å². The van der Waals surface area contributed by atoms with E-state index in [-0.39, 0.29) is 0 Å². The van der Waals surface area contributed by atoms with Crippen LogP contribution in [0.1, 0.15) is 29.8 Å². The summed E-state index contributed by atoms with van der Waals surface area (Å²) in [6.45, 7) is 3.29. The summed E-state index contributed by atoms with van der Waals surface area (Å²) in [6.07, 6.45) is 2.97. The zero-order chi connectivity index (χ0) is 11.9. The molecule has 0 N–H and O–H groups in total. The lowest BCUT2D eigenvalue weighted by Gasteiger charge is -2.33. The van der Waals surface area contributed by atoms with Crippen molar-refractivity contribution in [3.63, 3.8) is 0 Å². The van der Waals surface area contributed by atoms with Crippen molar-refractivity contribution in [2.75, 3.05) is 20.3 Å². The second-order valence-corrected chi connectivity index (χ2v) is 4.57. The van der Waals surface area contributed by atoms with E-state index in [1.165, 1.54) is 0 Å². The van der Waals surface area contributed by atoms with E-state index in [2.05, 4.69) is 4.98 Å². The Balaban J connectivity index is 2.12. The van der Waals surface area contributed by atoms with Crippen molar-refractivity contribution in [1.29, 1.82) is 0 Å². The van der Waals surface area contributed by atoms with Crippen molar-refractivity contribution < 1.29 is 14.2 Å². The molecular formula is C13H17NO3. The zero-order valence-electron chi connectivity index (χ0n) is 10.3. The van der Waals surface area contributed by atoms with E-state index in [1.807, 2.05) is 13.0 Å². The first-order chi connectivity index (χ1) is 8.25. The molecule has 0 amide bonds. The number of aryl methyl sites for hydroxylation is 2. The highest BCUT2D eigenvalue weighted by atomic mass is 16.7. The molecule has 0 atom stereocenters. The lowest BCUT2D eigenvalue weighted by atomic mass is 9.89. The van der Waals surface area contributed by atoms with Gasteiger partial charge in [0.05, 0.1) is 26.0 Å². The van der Waals surface area contributed by atoms with Gasteiger partial charge in [0.15, 0.2) is 5.79 Å². The van der Waals surface area contributed by atoms with Gasteiger partial charge >= 0.3 is 0 Å². The molecule has 1 aliphatic heterocycles. The number of ether oxygens (including phenoxy) is 3. The highest BCUT2D eigenvalue weighted by Crippen LogP contribution is 2.42. The van der Waals surface area contributed by atoms with Gasteiger partial charge in [0.1, 0.15) is 5.75 Å². The third kappa shape index (κ3) is 1.63. The molecule has 2 heterocycles. The fraction of sp³-hybridized carbons (Fsp3) is 0.615. The molecule has 1 aromatic rings. The number of hydrogen-bond acceptors (Lipinski definition) is 4. The highest BCUT2D eigenvalue weighted by molar-refractivity contribution is 5.39. The van der Waals surface area contributed by atoms with Gasteiger partial charge in [-0.2, -0.15) is 0 Å². The monoisotopic (exact) mass is 235 g/mol. The van der Waals surface area contributed by atoms with Crippen LogP contribution in [0, 0.1) is 6.92 Å². The molecule has 4 heteroatoms. The molecule has 0 unspecified atom stereocenters. The Morgan fingerprint density at radius 1 is 1.35 bits per heavy atom. The van der Waals surface area contributed by atoms with E-state index in [4.69, 9.17) is 14.2 Å². The van der Waals surface area contributed by atoms with Gasteiger partial charge in [-0.15, -0.1) is 0 Å². The van der Waals surface area contributed by atoms with E-state index >= 15 is 0 Å². The van der Waals surface area contributed by atoms with Gasteiger partial charge in [0.2, 0.25) is 0 Å². The molecule has 3 rings (SSSR count).